The number of piperazine rings is 1. The van der Waals surface area contributed by atoms with Crippen molar-refractivity contribution >= 4 is 23.8 Å². The van der Waals surface area contributed by atoms with Gasteiger partial charge in [-0.25, -0.2) is 4.79 Å². The van der Waals surface area contributed by atoms with Gasteiger partial charge in [0.25, 0.3) is 5.91 Å². The third-order valence-electron chi connectivity index (χ3n) is 6.27. The van der Waals surface area contributed by atoms with Crippen LogP contribution in [0.4, 0.5) is 4.79 Å². The van der Waals surface area contributed by atoms with E-state index in [1.165, 1.54) is 0 Å². The van der Waals surface area contributed by atoms with E-state index in [9.17, 15) is 19.2 Å². The van der Waals surface area contributed by atoms with Crippen LogP contribution in [0, 0.1) is 5.92 Å². The largest absolute Gasteiger partial charge is 0.339 e. The summed E-state index contributed by atoms with van der Waals surface area (Å²) in [6, 6.07) is 9.26. The van der Waals surface area contributed by atoms with Crippen LogP contribution in [0.1, 0.15) is 31.7 Å². The van der Waals surface area contributed by atoms with E-state index >= 15 is 0 Å². The Morgan fingerprint density at radius 1 is 1.03 bits per heavy atom. The molecule has 0 bridgehead atoms. The number of rotatable bonds is 6. The summed E-state index contributed by atoms with van der Waals surface area (Å²) in [6.45, 7) is 3.34. The summed E-state index contributed by atoms with van der Waals surface area (Å²) < 4.78 is 0. The maximum absolute atomic E-state index is 12.9. The summed E-state index contributed by atoms with van der Waals surface area (Å²) >= 11 is 0. The summed E-state index contributed by atoms with van der Waals surface area (Å²) in [6.07, 6.45) is 3.05. The van der Waals surface area contributed by atoms with E-state index in [0.717, 1.165) is 23.3 Å². The average molecular weight is 412 g/mol. The first kappa shape index (κ1) is 20.4. The number of carbonyl (C=O) groups is 4. The zero-order valence-electron chi connectivity index (χ0n) is 17.3. The summed E-state index contributed by atoms with van der Waals surface area (Å²) in [4.78, 5) is 54.7. The molecular weight excluding hydrogens is 384 g/mol. The van der Waals surface area contributed by atoms with Gasteiger partial charge in [-0.2, -0.15) is 0 Å². The molecule has 0 spiro atoms. The molecule has 160 valence electrons. The van der Waals surface area contributed by atoms with Crippen LogP contribution in [0.2, 0.25) is 0 Å². The minimum atomic E-state index is -1.01. The molecule has 2 aliphatic heterocycles. The van der Waals surface area contributed by atoms with Gasteiger partial charge >= 0.3 is 6.03 Å². The monoisotopic (exact) mass is 412 g/mol. The Morgan fingerprint density at radius 3 is 2.30 bits per heavy atom. The molecule has 0 radical (unpaired) electrons. The normalized spacial score (nSPS) is 24.2. The number of benzene rings is 1. The maximum atomic E-state index is 12.9. The van der Waals surface area contributed by atoms with Crippen LogP contribution in [0.5, 0.6) is 0 Å². The molecule has 1 aliphatic carbocycles. The van der Waals surface area contributed by atoms with E-state index in [2.05, 4.69) is 5.32 Å². The number of amides is 5. The molecule has 8 heteroatoms. The fourth-order valence-corrected chi connectivity index (χ4v) is 4.10. The van der Waals surface area contributed by atoms with Gasteiger partial charge in [-0.15, -0.1) is 0 Å². The van der Waals surface area contributed by atoms with Gasteiger partial charge in [-0.05, 0) is 38.2 Å². The molecule has 2 saturated heterocycles. The Kier molecular flexibility index (Phi) is 5.49. The van der Waals surface area contributed by atoms with Gasteiger partial charge in [0.15, 0.2) is 0 Å². The lowest BCUT2D eigenvalue weighted by molar-refractivity contribution is -0.142. The third-order valence-corrected chi connectivity index (χ3v) is 6.27. The molecule has 30 heavy (non-hydrogen) atoms. The van der Waals surface area contributed by atoms with E-state index in [-0.39, 0.29) is 30.2 Å². The standard InChI is InChI=1S/C22H28N4O4/c1-22(10-9-16-5-3-2-4-6-16)20(29)26(21(30)23-22)15-18(27)24-11-13-25(14-12-24)19(28)17-7-8-17/h2-6,17H,7-15H2,1H3,(H,23,30). The van der Waals surface area contributed by atoms with Gasteiger partial charge in [0.1, 0.15) is 12.1 Å². The molecule has 1 unspecified atom stereocenters. The second-order valence-corrected chi connectivity index (χ2v) is 8.62. The third kappa shape index (κ3) is 4.17. The molecule has 3 aliphatic rings. The van der Waals surface area contributed by atoms with Crippen LogP contribution in [0.3, 0.4) is 0 Å². The fraction of sp³-hybridized carbons (Fsp3) is 0.545. The van der Waals surface area contributed by atoms with Crippen molar-refractivity contribution in [1.82, 2.24) is 20.0 Å². The summed E-state index contributed by atoms with van der Waals surface area (Å²) in [5.74, 6) is -0.263. The molecule has 2 heterocycles. The van der Waals surface area contributed by atoms with E-state index in [4.69, 9.17) is 0 Å². The molecule has 8 nitrogen and oxygen atoms in total. The van der Waals surface area contributed by atoms with Crippen molar-refractivity contribution < 1.29 is 19.2 Å². The van der Waals surface area contributed by atoms with Crippen molar-refractivity contribution in [2.24, 2.45) is 5.92 Å². The second kappa shape index (κ2) is 8.08. The highest BCUT2D eigenvalue weighted by Gasteiger charge is 2.48. The van der Waals surface area contributed by atoms with Crippen LogP contribution in [-0.4, -0.2) is 76.7 Å². The van der Waals surface area contributed by atoms with E-state index < -0.39 is 11.6 Å². The predicted octanol–water partition coefficient (Wildman–Crippen LogP) is 1.01. The highest BCUT2D eigenvalue weighted by Crippen LogP contribution is 2.31. The lowest BCUT2D eigenvalue weighted by Crippen LogP contribution is -2.53. The molecule has 0 aromatic heterocycles. The fourth-order valence-electron chi connectivity index (χ4n) is 4.10. The Balaban J connectivity index is 1.30. The van der Waals surface area contributed by atoms with Crippen LogP contribution in [-0.2, 0) is 20.8 Å². The van der Waals surface area contributed by atoms with E-state index in [1.807, 2.05) is 35.2 Å². The van der Waals surface area contributed by atoms with E-state index in [0.29, 0.717) is 39.0 Å². The molecule has 1 aromatic carbocycles. The Bertz CT molecular complexity index is 846. The Labute approximate surface area is 176 Å². The average Bonchev–Trinajstić information content (AvgIpc) is 3.58. The van der Waals surface area contributed by atoms with Gasteiger partial charge < -0.3 is 15.1 Å². The SMILES string of the molecule is CC1(CCc2ccccc2)NC(=O)N(CC(=O)N2CCN(C(=O)C3CC3)CC2)C1=O. The highest BCUT2D eigenvalue weighted by molar-refractivity contribution is 6.08. The second-order valence-electron chi connectivity index (χ2n) is 8.62. The van der Waals surface area contributed by atoms with E-state index in [1.54, 1.807) is 11.8 Å². The Morgan fingerprint density at radius 2 is 1.67 bits per heavy atom. The lowest BCUT2D eigenvalue weighted by Gasteiger charge is -2.35. The molecule has 3 fully saturated rings. The first-order valence-corrected chi connectivity index (χ1v) is 10.6. The van der Waals surface area contributed by atoms with Gasteiger partial charge in [0, 0.05) is 32.1 Å². The van der Waals surface area contributed by atoms with Crippen molar-refractivity contribution in [2.75, 3.05) is 32.7 Å². The topological polar surface area (TPSA) is 90.0 Å². The van der Waals surface area contributed by atoms with Crippen molar-refractivity contribution in [1.29, 1.82) is 0 Å². The number of carbonyl (C=O) groups excluding carboxylic acids is 4. The number of imide groups is 1. The van der Waals surface area contributed by atoms with Crippen LogP contribution >= 0.6 is 0 Å². The van der Waals surface area contributed by atoms with Crippen LogP contribution in [0.25, 0.3) is 0 Å². The molecule has 1 saturated carbocycles. The molecule has 1 N–H and O–H groups in total. The first-order valence-electron chi connectivity index (χ1n) is 10.6. The minimum absolute atomic E-state index is 0.173. The molecule has 1 atom stereocenters. The van der Waals surface area contributed by atoms with Crippen molar-refractivity contribution in [3.05, 3.63) is 35.9 Å². The van der Waals surface area contributed by atoms with Crippen molar-refractivity contribution in [3.63, 3.8) is 0 Å². The van der Waals surface area contributed by atoms with Crippen LogP contribution in [0.15, 0.2) is 30.3 Å². The number of hydrogen-bond acceptors (Lipinski definition) is 4. The Hall–Kier alpha value is -2.90. The molecule has 1 aromatic rings. The maximum Gasteiger partial charge on any atom is 0.325 e. The number of nitrogens with one attached hydrogen (secondary N) is 1. The highest BCUT2D eigenvalue weighted by atomic mass is 16.2. The number of aryl methyl sites for hydroxylation is 1. The van der Waals surface area contributed by atoms with Gasteiger partial charge in [0.2, 0.25) is 11.8 Å². The molecular formula is C22H28N4O4. The number of hydrogen-bond donors (Lipinski definition) is 1. The molecule has 5 amide bonds. The van der Waals surface area contributed by atoms with Crippen LogP contribution < -0.4 is 5.32 Å². The van der Waals surface area contributed by atoms with Gasteiger partial charge in [-0.1, -0.05) is 30.3 Å². The summed E-state index contributed by atoms with van der Waals surface area (Å²) in [5, 5.41) is 2.76. The molecule has 4 rings (SSSR count). The van der Waals surface area contributed by atoms with Crippen molar-refractivity contribution in [3.8, 4) is 0 Å². The smallest absolute Gasteiger partial charge is 0.325 e. The number of nitrogens with zero attached hydrogens (tertiary/aromatic N) is 3. The predicted molar refractivity (Wildman–Crippen MR) is 109 cm³/mol. The van der Waals surface area contributed by atoms with Crippen molar-refractivity contribution in [2.45, 2.75) is 38.1 Å². The minimum Gasteiger partial charge on any atom is -0.339 e. The van der Waals surface area contributed by atoms with Gasteiger partial charge in [-0.3, -0.25) is 19.3 Å². The zero-order chi connectivity index (χ0) is 21.3. The summed E-state index contributed by atoms with van der Waals surface area (Å²) in [5.41, 5.74) is 0.0803. The first-order chi connectivity index (χ1) is 14.4. The van der Waals surface area contributed by atoms with Gasteiger partial charge in [0.05, 0.1) is 0 Å². The summed E-state index contributed by atoms with van der Waals surface area (Å²) in [7, 11) is 0. The quantitative estimate of drug-likeness (QED) is 0.706. The zero-order valence-corrected chi connectivity index (χ0v) is 17.3. The lowest BCUT2D eigenvalue weighted by atomic mass is 9.93. The number of urea groups is 1.